The van der Waals surface area contributed by atoms with E-state index < -0.39 is 0 Å². The average molecular weight is 319 g/mol. The molecular weight excluding hydrogens is 300 g/mol. The molecule has 0 radical (unpaired) electrons. The molecule has 2 rings (SSSR count). The molecule has 0 aliphatic carbocycles. The summed E-state index contributed by atoms with van der Waals surface area (Å²) in [7, 11) is 0. The van der Waals surface area contributed by atoms with Gasteiger partial charge in [-0.2, -0.15) is 0 Å². The fourth-order valence-corrected chi connectivity index (χ4v) is 2.69. The van der Waals surface area contributed by atoms with Gasteiger partial charge in [-0.1, -0.05) is 54.9 Å². The zero-order valence-electron chi connectivity index (χ0n) is 12.2. The van der Waals surface area contributed by atoms with Crippen molar-refractivity contribution in [2.24, 2.45) is 0 Å². The fraction of sp³-hybridized carbons (Fsp3) is 0.235. The van der Waals surface area contributed by atoms with E-state index in [9.17, 15) is 0 Å². The van der Waals surface area contributed by atoms with E-state index in [2.05, 4.69) is 42.7 Å². The first kappa shape index (κ1) is 15.8. The number of para-hydroxylation sites is 1. The van der Waals surface area contributed by atoms with E-state index in [1.165, 1.54) is 11.1 Å². The van der Waals surface area contributed by atoms with E-state index in [0.29, 0.717) is 10.1 Å². The molecule has 0 fully saturated rings. The molecule has 0 unspecified atom stereocenters. The average Bonchev–Trinajstić information content (AvgIpc) is 2.48. The molecule has 2 aromatic rings. The third-order valence-electron chi connectivity index (χ3n) is 3.40. The van der Waals surface area contributed by atoms with Crippen LogP contribution in [0.5, 0.6) is 0 Å². The Kier molecular flexibility index (Phi) is 5.59. The van der Waals surface area contributed by atoms with Crippen LogP contribution in [0.1, 0.15) is 30.5 Å². The summed E-state index contributed by atoms with van der Waals surface area (Å²) in [6, 6.07) is 16.1. The van der Waals surface area contributed by atoms with Crippen LogP contribution in [0, 0.1) is 6.92 Å². The molecule has 0 bridgehead atoms. The van der Waals surface area contributed by atoms with Gasteiger partial charge in [0.1, 0.15) is 0 Å². The molecule has 2 nitrogen and oxygen atoms in total. The highest BCUT2D eigenvalue weighted by molar-refractivity contribution is 7.80. The zero-order chi connectivity index (χ0) is 15.2. The second-order valence-electron chi connectivity index (χ2n) is 4.90. The van der Waals surface area contributed by atoms with Gasteiger partial charge < -0.3 is 10.6 Å². The molecule has 2 N–H and O–H groups in total. The van der Waals surface area contributed by atoms with Crippen LogP contribution in [0.3, 0.4) is 0 Å². The summed E-state index contributed by atoms with van der Waals surface area (Å²) in [5, 5.41) is 7.75. The Bertz CT molecular complexity index is 628. The van der Waals surface area contributed by atoms with Crippen molar-refractivity contribution >= 4 is 34.6 Å². The summed E-state index contributed by atoms with van der Waals surface area (Å²) >= 11 is 11.5. The topological polar surface area (TPSA) is 24.1 Å². The van der Waals surface area contributed by atoms with Gasteiger partial charge in [-0.3, -0.25) is 0 Å². The molecule has 110 valence electrons. The van der Waals surface area contributed by atoms with Crippen LogP contribution in [0.25, 0.3) is 0 Å². The number of halogens is 1. The Balaban J connectivity index is 2.07. The Morgan fingerprint density at radius 3 is 2.48 bits per heavy atom. The second-order valence-corrected chi connectivity index (χ2v) is 5.71. The molecule has 2 aromatic carbocycles. The van der Waals surface area contributed by atoms with Gasteiger partial charge in [0.15, 0.2) is 5.11 Å². The second kappa shape index (κ2) is 7.43. The lowest BCUT2D eigenvalue weighted by molar-refractivity contribution is 0.625. The van der Waals surface area contributed by atoms with E-state index in [-0.39, 0.29) is 6.04 Å². The number of aryl methyl sites for hydroxylation is 1. The molecule has 21 heavy (non-hydrogen) atoms. The first-order valence-electron chi connectivity index (χ1n) is 6.99. The lowest BCUT2D eigenvalue weighted by atomic mass is 10.00. The third-order valence-corrected chi connectivity index (χ3v) is 3.95. The maximum atomic E-state index is 6.13. The Morgan fingerprint density at radius 1 is 1.14 bits per heavy atom. The highest BCUT2D eigenvalue weighted by Gasteiger charge is 2.13. The van der Waals surface area contributed by atoms with Crippen molar-refractivity contribution in [3.63, 3.8) is 0 Å². The van der Waals surface area contributed by atoms with Gasteiger partial charge in [0.25, 0.3) is 0 Å². The number of benzene rings is 2. The standard InChI is InChI=1S/C17H19ClN2S/c1-3-15(13-9-5-4-8-12(13)2)19-17(21)20-16-11-7-6-10-14(16)18/h4-11,15H,3H2,1-2H3,(H2,19,20,21)/t15-/m1/s1. The van der Waals surface area contributed by atoms with Gasteiger partial charge in [-0.05, 0) is 48.8 Å². The monoisotopic (exact) mass is 318 g/mol. The molecule has 0 aromatic heterocycles. The Hall–Kier alpha value is -1.58. The number of hydrogen-bond donors (Lipinski definition) is 2. The Labute approximate surface area is 136 Å². The number of hydrogen-bond acceptors (Lipinski definition) is 1. The van der Waals surface area contributed by atoms with Crippen molar-refractivity contribution in [1.82, 2.24) is 5.32 Å². The molecule has 0 saturated heterocycles. The van der Waals surface area contributed by atoms with Crippen LogP contribution in [0.4, 0.5) is 5.69 Å². The van der Waals surface area contributed by atoms with Crippen molar-refractivity contribution in [2.75, 3.05) is 5.32 Å². The number of rotatable bonds is 4. The maximum absolute atomic E-state index is 6.13. The van der Waals surface area contributed by atoms with Crippen LogP contribution in [-0.4, -0.2) is 5.11 Å². The lowest BCUT2D eigenvalue weighted by Gasteiger charge is -2.22. The minimum atomic E-state index is 0.189. The molecule has 0 heterocycles. The number of anilines is 1. The van der Waals surface area contributed by atoms with Crippen molar-refractivity contribution in [3.8, 4) is 0 Å². The van der Waals surface area contributed by atoms with E-state index in [1.54, 1.807) is 0 Å². The number of thiocarbonyl (C=S) groups is 1. The quantitative estimate of drug-likeness (QED) is 0.768. The fourth-order valence-electron chi connectivity index (χ4n) is 2.26. The molecule has 0 amide bonds. The lowest BCUT2D eigenvalue weighted by Crippen LogP contribution is -2.32. The summed E-state index contributed by atoms with van der Waals surface area (Å²) in [5.41, 5.74) is 3.34. The van der Waals surface area contributed by atoms with E-state index >= 15 is 0 Å². The zero-order valence-corrected chi connectivity index (χ0v) is 13.8. The molecule has 1 atom stereocenters. The molecule has 0 aliphatic rings. The Morgan fingerprint density at radius 2 is 1.81 bits per heavy atom. The molecule has 0 spiro atoms. The van der Waals surface area contributed by atoms with Crippen molar-refractivity contribution in [2.45, 2.75) is 26.3 Å². The maximum Gasteiger partial charge on any atom is 0.171 e. The smallest absolute Gasteiger partial charge is 0.171 e. The summed E-state index contributed by atoms with van der Waals surface area (Å²) in [5.74, 6) is 0. The van der Waals surface area contributed by atoms with Crippen molar-refractivity contribution < 1.29 is 0 Å². The SMILES string of the molecule is CC[C@@H](NC(=S)Nc1ccccc1Cl)c1ccccc1C. The van der Waals surface area contributed by atoms with E-state index in [1.807, 2.05) is 30.3 Å². The number of nitrogens with one attached hydrogen (secondary N) is 2. The summed E-state index contributed by atoms with van der Waals surface area (Å²) < 4.78 is 0. The first-order valence-corrected chi connectivity index (χ1v) is 7.78. The van der Waals surface area contributed by atoms with Gasteiger partial charge in [0.05, 0.1) is 16.8 Å². The highest BCUT2D eigenvalue weighted by atomic mass is 35.5. The van der Waals surface area contributed by atoms with Gasteiger partial charge in [-0.25, -0.2) is 0 Å². The van der Waals surface area contributed by atoms with Crippen molar-refractivity contribution in [1.29, 1.82) is 0 Å². The van der Waals surface area contributed by atoms with E-state index in [4.69, 9.17) is 23.8 Å². The predicted octanol–water partition coefficient (Wildman–Crippen LogP) is 5.09. The minimum Gasteiger partial charge on any atom is -0.356 e. The van der Waals surface area contributed by atoms with Gasteiger partial charge in [-0.15, -0.1) is 0 Å². The summed E-state index contributed by atoms with van der Waals surface area (Å²) in [6.45, 7) is 4.26. The van der Waals surface area contributed by atoms with Crippen LogP contribution >= 0.6 is 23.8 Å². The van der Waals surface area contributed by atoms with Crippen LogP contribution in [-0.2, 0) is 0 Å². The highest BCUT2D eigenvalue weighted by Crippen LogP contribution is 2.22. The van der Waals surface area contributed by atoms with Gasteiger partial charge in [0, 0.05) is 0 Å². The minimum absolute atomic E-state index is 0.189. The molecule has 0 aliphatic heterocycles. The van der Waals surface area contributed by atoms with Crippen LogP contribution < -0.4 is 10.6 Å². The van der Waals surface area contributed by atoms with Crippen molar-refractivity contribution in [3.05, 3.63) is 64.7 Å². The van der Waals surface area contributed by atoms with Gasteiger partial charge >= 0.3 is 0 Å². The van der Waals surface area contributed by atoms with Crippen LogP contribution in [0.15, 0.2) is 48.5 Å². The molecule has 0 saturated carbocycles. The van der Waals surface area contributed by atoms with E-state index in [0.717, 1.165) is 12.1 Å². The molecular formula is C17H19ClN2S. The van der Waals surface area contributed by atoms with Crippen LogP contribution in [0.2, 0.25) is 5.02 Å². The largest absolute Gasteiger partial charge is 0.356 e. The summed E-state index contributed by atoms with van der Waals surface area (Å²) in [4.78, 5) is 0. The van der Waals surface area contributed by atoms with Gasteiger partial charge in [0.2, 0.25) is 0 Å². The normalized spacial score (nSPS) is 11.8. The third kappa shape index (κ3) is 4.19. The predicted molar refractivity (Wildman–Crippen MR) is 95.0 cm³/mol. The summed E-state index contributed by atoms with van der Waals surface area (Å²) in [6.07, 6.45) is 0.954. The molecule has 4 heteroatoms. The first-order chi connectivity index (χ1) is 10.1.